The highest BCUT2D eigenvalue weighted by molar-refractivity contribution is 9.10. The SMILES string of the molecule is CC(C)(C)CCCOc1ccc(Br)cc1S(=O)(=O)Cl. The fourth-order valence-electron chi connectivity index (χ4n) is 1.58. The van der Waals surface area contributed by atoms with Gasteiger partial charge in [0.25, 0.3) is 9.05 Å². The van der Waals surface area contributed by atoms with Crippen LogP contribution < -0.4 is 4.74 Å². The number of halogens is 2. The van der Waals surface area contributed by atoms with Crippen LogP contribution in [-0.2, 0) is 9.05 Å². The number of hydrogen-bond donors (Lipinski definition) is 0. The molecule has 0 aliphatic heterocycles. The van der Waals surface area contributed by atoms with Crippen molar-refractivity contribution < 1.29 is 13.2 Å². The van der Waals surface area contributed by atoms with Crippen LogP contribution in [0.1, 0.15) is 33.6 Å². The number of benzene rings is 1. The third kappa shape index (κ3) is 6.15. The summed E-state index contributed by atoms with van der Waals surface area (Å²) in [7, 11) is 1.59. The molecule has 0 radical (unpaired) electrons. The second-order valence-electron chi connectivity index (χ2n) is 5.54. The van der Waals surface area contributed by atoms with Crippen molar-refractivity contribution in [3.05, 3.63) is 22.7 Å². The molecule has 1 rings (SSSR count). The van der Waals surface area contributed by atoms with Crippen molar-refractivity contribution in [1.29, 1.82) is 0 Å². The van der Waals surface area contributed by atoms with E-state index in [1.54, 1.807) is 12.1 Å². The third-order valence-electron chi connectivity index (χ3n) is 2.50. The summed E-state index contributed by atoms with van der Waals surface area (Å²) in [6.07, 6.45) is 1.87. The Bertz CT molecular complexity index is 535. The van der Waals surface area contributed by atoms with Crippen LogP contribution >= 0.6 is 26.6 Å². The Labute approximate surface area is 127 Å². The number of ether oxygens (including phenoxy) is 1. The first-order valence-electron chi connectivity index (χ1n) is 5.97. The zero-order chi connectivity index (χ0) is 14.7. The van der Waals surface area contributed by atoms with E-state index in [0.29, 0.717) is 16.8 Å². The highest BCUT2D eigenvalue weighted by atomic mass is 79.9. The summed E-state index contributed by atoms with van der Waals surface area (Å²) in [4.78, 5) is -0.000648. The van der Waals surface area contributed by atoms with Crippen molar-refractivity contribution in [1.82, 2.24) is 0 Å². The van der Waals surface area contributed by atoms with Gasteiger partial charge in [0, 0.05) is 15.2 Å². The minimum absolute atomic E-state index is 0.000648. The monoisotopic (exact) mass is 368 g/mol. The molecule has 0 spiro atoms. The summed E-state index contributed by atoms with van der Waals surface area (Å²) < 4.78 is 29.1. The molecule has 0 fully saturated rings. The smallest absolute Gasteiger partial charge is 0.265 e. The molecule has 0 aromatic heterocycles. The molecule has 19 heavy (non-hydrogen) atoms. The van der Waals surface area contributed by atoms with Gasteiger partial charge < -0.3 is 4.74 Å². The van der Waals surface area contributed by atoms with Gasteiger partial charge in [-0.25, -0.2) is 8.42 Å². The predicted molar refractivity (Wildman–Crippen MR) is 81.4 cm³/mol. The third-order valence-corrected chi connectivity index (χ3v) is 4.33. The van der Waals surface area contributed by atoms with Gasteiger partial charge in [0.1, 0.15) is 10.6 Å². The van der Waals surface area contributed by atoms with E-state index in [4.69, 9.17) is 15.4 Å². The van der Waals surface area contributed by atoms with Crippen molar-refractivity contribution in [2.45, 2.75) is 38.5 Å². The quantitative estimate of drug-likeness (QED) is 0.563. The molecular formula is C13H18BrClO3S. The Morgan fingerprint density at radius 3 is 2.47 bits per heavy atom. The maximum Gasteiger partial charge on any atom is 0.265 e. The molecule has 0 unspecified atom stereocenters. The van der Waals surface area contributed by atoms with Gasteiger partial charge >= 0.3 is 0 Å². The molecule has 3 nitrogen and oxygen atoms in total. The summed E-state index contributed by atoms with van der Waals surface area (Å²) in [6.45, 7) is 6.93. The van der Waals surface area contributed by atoms with E-state index in [0.717, 1.165) is 12.8 Å². The van der Waals surface area contributed by atoms with Crippen LogP contribution in [0.4, 0.5) is 0 Å². The Kier molecular flexibility index (Phi) is 5.71. The van der Waals surface area contributed by atoms with Crippen LogP contribution in [0.25, 0.3) is 0 Å². The van der Waals surface area contributed by atoms with E-state index < -0.39 is 9.05 Å². The van der Waals surface area contributed by atoms with Crippen molar-refractivity contribution in [3.63, 3.8) is 0 Å². The lowest BCUT2D eigenvalue weighted by atomic mass is 9.91. The molecule has 6 heteroatoms. The van der Waals surface area contributed by atoms with Gasteiger partial charge in [0.05, 0.1) is 6.61 Å². The summed E-state index contributed by atoms with van der Waals surface area (Å²) in [6, 6.07) is 4.78. The van der Waals surface area contributed by atoms with E-state index in [1.165, 1.54) is 6.07 Å². The molecule has 0 aliphatic carbocycles. The highest BCUT2D eigenvalue weighted by Crippen LogP contribution is 2.30. The van der Waals surface area contributed by atoms with Crippen LogP contribution in [-0.4, -0.2) is 15.0 Å². The summed E-state index contributed by atoms with van der Waals surface area (Å²) in [5.41, 5.74) is 0.241. The fraction of sp³-hybridized carbons (Fsp3) is 0.538. The van der Waals surface area contributed by atoms with Crippen molar-refractivity contribution in [3.8, 4) is 5.75 Å². The molecule has 0 aliphatic rings. The minimum atomic E-state index is -3.80. The van der Waals surface area contributed by atoms with E-state index in [2.05, 4.69) is 36.7 Å². The van der Waals surface area contributed by atoms with Crippen LogP contribution in [0, 0.1) is 5.41 Å². The zero-order valence-corrected chi connectivity index (χ0v) is 14.4. The van der Waals surface area contributed by atoms with Crippen molar-refractivity contribution in [2.24, 2.45) is 5.41 Å². The lowest BCUT2D eigenvalue weighted by Crippen LogP contribution is -2.08. The maximum atomic E-state index is 11.5. The highest BCUT2D eigenvalue weighted by Gasteiger charge is 2.17. The second-order valence-corrected chi connectivity index (χ2v) is 8.99. The van der Waals surface area contributed by atoms with Crippen LogP contribution in [0.5, 0.6) is 5.75 Å². The van der Waals surface area contributed by atoms with Gasteiger partial charge in [-0.1, -0.05) is 36.7 Å². The molecule has 0 saturated carbocycles. The average Bonchev–Trinajstić information content (AvgIpc) is 2.23. The first-order valence-corrected chi connectivity index (χ1v) is 9.07. The zero-order valence-electron chi connectivity index (χ0n) is 11.2. The molecule has 0 saturated heterocycles. The van der Waals surface area contributed by atoms with Gasteiger partial charge in [-0.15, -0.1) is 0 Å². The molecule has 0 bridgehead atoms. The molecule has 0 N–H and O–H groups in total. The van der Waals surface area contributed by atoms with Crippen LogP contribution in [0.15, 0.2) is 27.6 Å². The Morgan fingerprint density at radius 2 is 1.95 bits per heavy atom. The number of rotatable bonds is 5. The lowest BCUT2D eigenvalue weighted by Gasteiger charge is -2.18. The largest absolute Gasteiger partial charge is 0.492 e. The van der Waals surface area contributed by atoms with Gasteiger partial charge in [0.2, 0.25) is 0 Å². The lowest BCUT2D eigenvalue weighted by molar-refractivity contribution is 0.264. The van der Waals surface area contributed by atoms with Crippen molar-refractivity contribution >= 4 is 35.7 Å². The summed E-state index contributed by atoms with van der Waals surface area (Å²) >= 11 is 3.22. The summed E-state index contributed by atoms with van der Waals surface area (Å²) in [5.74, 6) is 0.298. The van der Waals surface area contributed by atoms with Crippen LogP contribution in [0.3, 0.4) is 0 Å². The van der Waals surface area contributed by atoms with E-state index in [-0.39, 0.29) is 10.3 Å². The molecule has 0 amide bonds. The Morgan fingerprint density at radius 1 is 1.32 bits per heavy atom. The van der Waals surface area contributed by atoms with E-state index >= 15 is 0 Å². The topological polar surface area (TPSA) is 43.4 Å². The fourth-order valence-corrected chi connectivity index (χ4v) is 3.09. The normalized spacial score (nSPS) is 12.5. The van der Waals surface area contributed by atoms with E-state index in [9.17, 15) is 8.42 Å². The molecule has 108 valence electrons. The first-order chi connectivity index (χ1) is 8.59. The summed E-state index contributed by atoms with van der Waals surface area (Å²) in [5, 5.41) is 0. The minimum Gasteiger partial charge on any atom is -0.492 e. The van der Waals surface area contributed by atoms with Gasteiger partial charge in [-0.05, 0) is 36.5 Å². The Balaban J connectivity index is 2.74. The van der Waals surface area contributed by atoms with Crippen molar-refractivity contribution in [2.75, 3.05) is 6.61 Å². The first kappa shape index (κ1) is 16.8. The average molecular weight is 370 g/mol. The van der Waals surface area contributed by atoms with E-state index in [1.807, 2.05) is 0 Å². The molecule has 0 heterocycles. The van der Waals surface area contributed by atoms with Gasteiger partial charge in [-0.2, -0.15) is 0 Å². The molecule has 1 aromatic carbocycles. The maximum absolute atomic E-state index is 11.5. The number of hydrogen-bond acceptors (Lipinski definition) is 3. The standard InChI is InChI=1S/C13H18BrClO3S/c1-13(2,3)7-4-8-18-11-6-5-10(14)9-12(11)19(15,16)17/h5-6,9H,4,7-8H2,1-3H3. The van der Waals surface area contributed by atoms with Gasteiger partial charge in [0.15, 0.2) is 0 Å². The second kappa shape index (κ2) is 6.46. The molecular weight excluding hydrogens is 352 g/mol. The van der Waals surface area contributed by atoms with Gasteiger partial charge in [-0.3, -0.25) is 0 Å². The Hall–Kier alpha value is -0.260. The molecule has 1 aromatic rings. The predicted octanol–water partition coefficient (Wildman–Crippen LogP) is 4.58. The molecule has 0 atom stereocenters. The van der Waals surface area contributed by atoms with Crippen LogP contribution in [0.2, 0.25) is 0 Å².